The fourth-order valence-electron chi connectivity index (χ4n) is 6.58. The Morgan fingerprint density at radius 2 is 1.53 bits per heavy atom. The molecule has 0 saturated carbocycles. The maximum absolute atomic E-state index is 9.75. The minimum Gasteiger partial charge on any atom is -0.370 e. The van der Waals surface area contributed by atoms with E-state index in [2.05, 4.69) is 10.0 Å². The highest BCUT2D eigenvalue weighted by molar-refractivity contribution is 5.17. The molecule has 0 aromatic heterocycles. The molecule has 5 aliphatic heterocycles. The quantitative estimate of drug-likeness (QED) is 0.234. The van der Waals surface area contributed by atoms with Crippen molar-refractivity contribution in [2.24, 2.45) is 5.11 Å². The van der Waals surface area contributed by atoms with E-state index in [4.69, 9.17) is 47.4 Å². The Bertz CT molecular complexity index is 1360. The Kier molecular flexibility index (Phi) is 8.61. The van der Waals surface area contributed by atoms with Gasteiger partial charge in [0.1, 0.15) is 48.8 Å². The van der Waals surface area contributed by atoms with E-state index in [0.29, 0.717) is 6.61 Å². The Labute approximate surface area is 261 Å². The van der Waals surface area contributed by atoms with Gasteiger partial charge in [-0.1, -0.05) is 65.8 Å². The molecule has 13 heteroatoms. The number of benzene rings is 2. The van der Waals surface area contributed by atoms with Gasteiger partial charge in [0.2, 0.25) is 0 Å². The lowest BCUT2D eigenvalue weighted by Crippen LogP contribution is -2.63. The normalized spacial score (nSPS) is 40.0. The SMILES string of the molecule is CC1(C)O[C@H]2O[C@H]([C@H]3COC(C)(C)O3)[C@H](O[C@@H]3O[C@@H]4CO[C@@H](c5ccccc5)O[C@H]4[C@H](OCc4ccccc4)[C@@H]3N=[N+]=[N-])[C@H]2O1. The molecule has 5 fully saturated rings. The third kappa shape index (κ3) is 6.49. The molecule has 11 atom stereocenters. The zero-order valence-electron chi connectivity index (χ0n) is 25.7. The van der Waals surface area contributed by atoms with E-state index in [9.17, 15) is 5.53 Å². The van der Waals surface area contributed by atoms with Gasteiger partial charge in [-0.3, -0.25) is 0 Å². The highest BCUT2D eigenvalue weighted by Gasteiger charge is 2.61. The average molecular weight is 626 g/mol. The molecule has 5 aliphatic rings. The first-order valence-corrected chi connectivity index (χ1v) is 15.4. The highest BCUT2D eigenvalue weighted by Crippen LogP contribution is 2.44. The smallest absolute Gasteiger partial charge is 0.190 e. The maximum Gasteiger partial charge on any atom is 0.190 e. The molecule has 0 aliphatic carbocycles. The molecule has 0 spiro atoms. The molecule has 7 rings (SSSR count). The summed E-state index contributed by atoms with van der Waals surface area (Å²) in [7, 11) is 0. The van der Waals surface area contributed by atoms with Gasteiger partial charge >= 0.3 is 0 Å². The van der Waals surface area contributed by atoms with Gasteiger partial charge in [-0.05, 0) is 38.8 Å². The Morgan fingerprint density at radius 3 is 2.24 bits per heavy atom. The summed E-state index contributed by atoms with van der Waals surface area (Å²) < 4.78 is 63.0. The van der Waals surface area contributed by atoms with Crippen molar-refractivity contribution in [2.75, 3.05) is 13.2 Å². The largest absolute Gasteiger partial charge is 0.370 e. The Morgan fingerprint density at radius 1 is 0.800 bits per heavy atom. The van der Waals surface area contributed by atoms with Crippen molar-refractivity contribution < 1.29 is 47.4 Å². The number of ether oxygens (including phenoxy) is 10. The zero-order chi connectivity index (χ0) is 31.2. The van der Waals surface area contributed by atoms with Gasteiger partial charge in [-0.2, -0.15) is 0 Å². The third-order valence-corrected chi connectivity index (χ3v) is 8.56. The van der Waals surface area contributed by atoms with Crippen molar-refractivity contribution in [3.05, 3.63) is 82.2 Å². The summed E-state index contributed by atoms with van der Waals surface area (Å²) in [6.07, 6.45) is -6.73. The lowest BCUT2D eigenvalue weighted by Gasteiger charge is -2.48. The fraction of sp³-hybridized carbons (Fsp3) is 0.625. The predicted molar refractivity (Wildman–Crippen MR) is 155 cm³/mol. The molecule has 2 aromatic rings. The molecule has 0 radical (unpaired) electrons. The molecule has 0 amide bonds. The van der Waals surface area contributed by atoms with Crippen LogP contribution < -0.4 is 0 Å². The average Bonchev–Trinajstić information content (AvgIpc) is 3.66. The summed E-state index contributed by atoms with van der Waals surface area (Å²) in [6.45, 7) is 8.08. The second kappa shape index (κ2) is 12.5. The highest BCUT2D eigenvalue weighted by atomic mass is 16.9. The molecular formula is C32H39N3O10. The fourth-order valence-corrected chi connectivity index (χ4v) is 6.58. The Balaban J connectivity index is 1.18. The van der Waals surface area contributed by atoms with Crippen LogP contribution in [0.15, 0.2) is 65.8 Å². The van der Waals surface area contributed by atoms with E-state index in [1.807, 2.05) is 88.4 Å². The van der Waals surface area contributed by atoms with E-state index in [0.717, 1.165) is 11.1 Å². The number of hydrogen-bond acceptors (Lipinski definition) is 11. The lowest BCUT2D eigenvalue weighted by molar-refractivity contribution is -0.356. The van der Waals surface area contributed by atoms with Crippen molar-refractivity contribution in [3.8, 4) is 0 Å². The molecule has 242 valence electrons. The molecule has 45 heavy (non-hydrogen) atoms. The third-order valence-electron chi connectivity index (χ3n) is 8.56. The number of azide groups is 1. The predicted octanol–water partition coefficient (Wildman–Crippen LogP) is 4.50. The van der Waals surface area contributed by atoms with Crippen molar-refractivity contribution >= 4 is 0 Å². The van der Waals surface area contributed by atoms with Crippen LogP contribution in [0.4, 0.5) is 0 Å². The molecule has 2 aromatic carbocycles. The molecule has 5 saturated heterocycles. The van der Waals surface area contributed by atoms with Gasteiger partial charge in [0, 0.05) is 10.5 Å². The second-order valence-electron chi connectivity index (χ2n) is 12.7. The van der Waals surface area contributed by atoms with Gasteiger partial charge in [0.05, 0.1) is 19.8 Å². The Hall–Kier alpha value is -2.65. The van der Waals surface area contributed by atoms with Gasteiger partial charge < -0.3 is 47.4 Å². The van der Waals surface area contributed by atoms with Crippen molar-refractivity contribution in [2.45, 2.75) is 114 Å². The summed E-state index contributed by atoms with van der Waals surface area (Å²) in [5, 5.41) is 4.17. The van der Waals surface area contributed by atoms with Crippen LogP contribution in [0.25, 0.3) is 10.4 Å². The molecular weight excluding hydrogens is 586 g/mol. The molecule has 0 unspecified atom stereocenters. The number of fused-ring (bicyclic) bond motifs is 2. The van der Waals surface area contributed by atoms with Crippen LogP contribution in [0.2, 0.25) is 0 Å². The van der Waals surface area contributed by atoms with Crippen LogP contribution in [0.5, 0.6) is 0 Å². The van der Waals surface area contributed by atoms with Crippen LogP contribution in [-0.4, -0.2) is 86.1 Å². The molecule has 5 heterocycles. The zero-order valence-corrected chi connectivity index (χ0v) is 25.7. The van der Waals surface area contributed by atoms with E-state index in [1.54, 1.807) is 0 Å². The molecule has 0 bridgehead atoms. The van der Waals surface area contributed by atoms with E-state index in [-0.39, 0.29) is 13.2 Å². The first kappa shape index (κ1) is 31.0. The monoisotopic (exact) mass is 625 g/mol. The van der Waals surface area contributed by atoms with Crippen LogP contribution in [-0.2, 0) is 54.0 Å². The van der Waals surface area contributed by atoms with E-state index < -0.39 is 79.2 Å². The summed E-state index contributed by atoms with van der Waals surface area (Å²) in [6, 6.07) is 18.5. The summed E-state index contributed by atoms with van der Waals surface area (Å²) >= 11 is 0. The topological polar surface area (TPSA) is 141 Å². The summed E-state index contributed by atoms with van der Waals surface area (Å²) in [5.41, 5.74) is 11.6. The lowest BCUT2D eigenvalue weighted by atomic mass is 9.95. The first-order valence-electron chi connectivity index (χ1n) is 15.4. The van der Waals surface area contributed by atoms with Crippen molar-refractivity contribution in [1.82, 2.24) is 0 Å². The van der Waals surface area contributed by atoms with E-state index in [1.165, 1.54) is 0 Å². The van der Waals surface area contributed by atoms with Crippen molar-refractivity contribution in [3.63, 3.8) is 0 Å². The van der Waals surface area contributed by atoms with Gasteiger partial charge in [0.15, 0.2) is 30.4 Å². The maximum atomic E-state index is 9.75. The number of hydrogen-bond donors (Lipinski definition) is 0. The van der Waals surface area contributed by atoms with Crippen LogP contribution in [0.3, 0.4) is 0 Å². The summed E-state index contributed by atoms with van der Waals surface area (Å²) in [5.74, 6) is -1.68. The number of rotatable bonds is 8. The van der Waals surface area contributed by atoms with Gasteiger partial charge in [0.25, 0.3) is 0 Å². The van der Waals surface area contributed by atoms with Crippen LogP contribution in [0, 0.1) is 0 Å². The van der Waals surface area contributed by atoms with Crippen molar-refractivity contribution in [1.29, 1.82) is 0 Å². The second-order valence-corrected chi connectivity index (χ2v) is 12.7. The standard InChI is InChI=1S/C32H39N3O10/c1-31(2)38-17-21(43-31)24-26(27-30(41-24)45-32(3,4)44-27)42-29-22(34-35-33)25(36-15-18-11-7-5-8-12-18)23-20(39-29)16-37-28(40-23)19-13-9-6-10-14-19/h5-14,20-30H,15-17H2,1-4H3/t20-,21-,22+,23-,24-,25-,26+,27-,28-,29+,30-/m1/s1. The van der Waals surface area contributed by atoms with Gasteiger partial charge in [-0.15, -0.1) is 0 Å². The van der Waals surface area contributed by atoms with Gasteiger partial charge in [-0.25, -0.2) is 0 Å². The van der Waals surface area contributed by atoms with Crippen LogP contribution in [0.1, 0.15) is 45.1 Å². The summed E-state index contributed by atoms with van der Waals surface area (Å²) in [4.78, 5) is 3.18. The molecule has 0 N–H and O–H groups in total. The minimum absolute atomic E-state index is 0.204. The first-order chi connectivity index (χ1) is 21.7. The minimum atomic E-state index is -1.05. The van der Waals surface area contributed by atoms with Crippen LogP contribution >= 0.6 is 0 Å². The van der Waals surface area contributed by atoms with E-state index >= 15 is 0 Å². The number of nitrogens with zero attached hydrogens (tertiary/aromatic N) is 3. The molecule has 13 nitrogen and oxygen atoms in total.